The highest BCUT2D eigenvalue weighted by atomic mass is 15.2. The van der Waals surface area contributed by atoms with Crippen molar-refractivity contribution < 1.29 is 0 Å². The first-order valence-corrected chi connectivity index (χ1v) is 14.6. The largest absolute Gasteiger partial charge is 0.310 e. The van der Waals surface area contributed by atoms with Crippen molar-refractivity contribution in [3.8, 4) is 0 Å². The van der Waals surface area contributed by atoms with Crippen LogP contribution >= 0.6 is 0 Å². The molecule has 0 aliphatic carbocycles. The summed E-state index contributed by atoms with van der Waals surface area (Å²) in [5.74, 6) is 0. The molecule has 1 aromatic heterocycles. The van der Waals surface area contributed by atoms with Crippen LogP contribution in [0.2, 0.25) is 0 Å². The van der Waals surface area contributed by atoms with Gasteiger partial charge in [-0.15, -0.1) is 0 Å². The van der Waals surface area contributed by atoms with Crippen molar-refractivity contribution in [3.63, 3.8) is 0 Å². The fourth-order valence-corrected chi connectivity index (χ4v) is 6.89. The fraction of sp³-hybridized carbons (Fsp3) is 0.263. The molecule has 3 heteroatoms. The molecular formula is C38H37N3. The standard InChI is InChI=1S/C38H37N3/c1-22-19-27-26-18-17-25(41-32-15-11-9-13-30(32)38(7,8)31-14-10-12-16-33(31)41)21-29(26)35-34(28(27)20-23(22)2)39-24(3)36(40-35)37(4,5)6/h9-21H,1-8H3. The summed E-state index contributed by atoms with van der Waals surface area (Å²) >= 11 is 0. The van der Waals surface area contributed by atoms with Crippen LogP contribution < -0.4 is 4.90 Å². The SMILES string of the molecule is Cc1cc2c3ccc(N4c5ccccc5C(C)(C)c5ccccc54)cc3c3nc(C(C)(C)C)c(C)nc3c2cc1C. The third-order valence-electron chi connectivity index (χ3n) is 9.11. The number of aryl methyl sites for hydroxylation is 3. The van der Waals surface area contributed by atoms with E-state index in [9.17, 15) is 0 Å². The predicted molar refractivity (Wildman–Crippen MR) is 174 cm³/mol. The van der Waals surface area contributed by atoms with E-state index < -0.39 is 0 Å². The molecule has 0 amide bonds. The highest BCUT2D eigenvalue weighted by molar-refractivity contribution is 6.24. The van der Waals surface area contributed by atoms with E-state index >= 15 is 0 Å². The van der Waals surface area contributed by atoms with E-state index in [4.69, 9.17) is 9.97 Å². The lowest BCUT2D eigenvalue weighted by atomic mass is 9.73. The Morgan fingerprint density at radius 1 is 0.610 bits per heavy atom. The van der Waals surface area contributed by atoms with Crippen LogP contribution in [-0.4, -0.2) is 9.97 Å². The summed E-state index contributed by atoms with van der Waals surface area (Å²) in [6.07, 6.45) is 0. The number of rotatable bonds is 1. The van der Waals surface area contributed by atoms with E-state index in [1.165, 1.54) is 49.8 Å². The molecule has 2 heterocycles. The zero-order valence-electron chi connectivity index (χ0n) is 25.3. The molecule has 0 bridgehead atoms. The van der Waals surface area contributed by atoms with E-state index in [0.717, 1.165) is 33.5 Å². The molecule has 0 atom stereocenters. The summed E-state index contributed by atoms with van der Waals surface area (Å²) in [6, 6.07) is 29.2. The Labute approximate surface area is 242 Å². The maximum atomic E-state index is 5.39. The van der Waals surface area contributed by atoms with Crippen molar-refractivity contribution >= 4 is 49.6 Å². The quantitative estimate of drug-likeness (QED) is 0.196. The molecule has 5 aromatic carbocycles. The van der Waals surface area contributed by atoms with Crippen LogP contribution in [0.1, 0.15) is 68.3 Å². The molecule has 0 N–H and O–H groups in total. The molecule has 1 aliphatic rings. The number of benzene rings is 5. The van der Waals surface area contributed by atoms with Crippen LogP contribution in [0.3, 0.4) is 0 Å². The maximum Gasteiger partial charge on any atom is 0.0976 e. The minimum absolute atomic E-state index is 0.0938. The van der Waals surface area contributed by atoms with Crippen molar-refractivity contribution in [2.45, 2.75) is 66.2 Å². The monoisotopic (exact) mass is 535 g/mol. The van der Waals surface area contributed by atoms with Gasteiger partial charge in [0.15, 0.2) is 0 Å². The van der Waals surface area contributed by atoms with Gasteiger partial charge in [-0.2, -0.15) is 0 Å². The Morgan fingerprint density at radius 3 is 1.76 bits per heavy atom. The number of hydrogen-bond donors (Lipinski definition) is 0. The second-order valence-corrected chi connectivity index (χ2v) is 13.3. The lowest BCUT2D eigenvalue weighted by Gasteiger charge is -2.42. The molecule has 204 valence electrons. The number of aromatic nitrogens is 2. The summed E-state index contributed by atoms with van der Waals surface area (Å²) in [7, 11) is 0. The molecular weight excluding hydrogens is 498 g/mol. The topological polar surface area (TPSA) is 29.0 Å². The van der Waals surface area contributed by atoms with Gasteiger partial charge in [-0.25, -0.2) is 9.97 Å². The first-order chi connectivity index (χ1) is 19.5. The van der Waals surface area contributed by atoms with Gasteiger partial charge in [0.25, 0.3) is 0 Å². The van der Waals surface area contributed by atoms with Gasteiger partial charge in [0, 0.05) is 27.3 Å². The van der Waals surface area contributed by atoms with Crippen LogP contribution in [-0.2, 0) is 10.8 Å². The predicted octanol–water partition coefficient (Wildman–Crippen LogP) is 10.3. The molecule has 3 nitrogen and oxygen atoms in total. The van der Waals surface area contributed by atoms with Crippen molar-refractivity contribution in [2.24, 2.45) is 0 Å². The molecule has 7 rings (SSSR count). The van der Waals surface area contributed by atoms with Gasteiger partial charge in [-0.3, -0.25) is 0 Å². The summed E-state index contributed by atoms with van der Waals surface area (Å²) in [6.45, 7) is 17.8. The fourth-order valence-electron chi connectivity index (χ4n) is 6.89. The number of fused-ring (bicyclic) bond motifs is 8. The van der Waals surface area contributed by atoms with Crippen LogP contribution in [0.25, 0.3) is 32.6 Å². The molecule has 0 saturated heterocycles. The van der Waals surface area contributed by atoms with Crippen molar-refractivity contribution in [1.29, 1.82) is 0 Å². The summed E-state index contributed by atoms with van der Waals surface area (Å²) < 4.78 is 0. The van der Waals surface area contributed by atoms with Gasteiger partial charge in [-0.05, 0) is 84.1 Å². The van der Waals surface area contributed by atoms with Gasteiger partial charge in [-0.1, -0.05) is 83.1 Å². The molecule has 41 heavy (non-hydrogen) atoms. The summed E-state index contributed by atoms with van der Waals surface area (Å²) in [5.41, 5.74) is 12.6. The third kappa shape index (κ3) is 3.71. The van der Waals surface area contributed by atoms with Crippen LogP contribution in [0, 0.1) is 20.8 Å². The lowest BCUT2D eigenvalue weighted by molar-refractivity contribution is 0.563. The normalized spacial score (nSPS) is 14.5. The Hall–Kier alpha value is -4.24. The minimum atomic E-state index is -0.107. The Balaban J connectivity index is 1.61. The summed E-state index contributed by atoms with van der Waals surface area (Å²) in [4.78, 5) is 13.1. The highest BCUT2D eigenvalue weighted by Gasteiger charge is 2.36. The first kappa shape index (κ1) is 25.7. The highest BCUT2D eigenvalue weighted by Crippen LogP contribution is 2.52. The average molecular weight is 536 g/mol. The number of para-hydroxylation sites is 2. The van der Waals surface area contributed by atoms with E-state index in [2.05, 4.69) is 139 Å². The molecule has 6 aromatic rings. The lowest BCUT2D eigenvalue weighted by Crippen LogP contribution is -2.30. The van der Waals surface area contributed by atoms with E-state index in [0.29, 0.717) is 0 Å². The number of nitrogens with zero attached hydrogens (tertiary/aromatic N) is 3. The first-order valence-electron chi connectivity index (χ1n) is 14.6. The van der Waals surface area contributed by atoms with Crippen molar-refractivity contribution in [1.82, 2.24) is 9.97 Å². The van der Waals surface area contributed by atoms with Crippen LogP contribution in [0.5, 0.6) is 0 Å². The molecule has 0 fully saturated rings. The van der Waals surface area contributed by atoms with E-state index in [1.807, 2.05) is 0 Å². The second-order valence-electron chi connectivity index (χ2n) is 13.3. The molecule has 0 saturated carbocycles. The van der Waals surface area contributed by atoms with E-state index in [-0.39, 0.29) is 10.8 Å². The average Bonchev–Trinajstić information content (AvgIpc) is 2.93. The maximum absolute atomic E-state index is 5.39. The molecule has 0 spiro atoms. The zero-order chi connectivity index (χ0) is 28.8. The summed E-state index contributed by atoms with van der Waals surface area (Å²) in [5, 5.41) is 4.78. The number of anilines is 3. The van der Waals surface area contributed by atoms with Crippen LogP contribution in [0.15, 0.2) is 78.9 Å². The minimum Gasteiger partial charge on any atom is -0.310 e. The van der Waals surface area contributed by atoms with Gasteiger partial charge in [0.2, 0.25) is 0 Å². The van der Waals surface area contributed by atoms with Crippen molar-refractivity contribution in [2.75, 3.05) is 4.90 Å². The van der Waals surface area contributed by atoms with Crippen LogP contribution in [0.4, 0.5) is 17.1 Å². The number of hydrogen-bond acceptors (Lipinski definition) is 3. The molecule has 0 unspecified atom stereocenters. The van der Waals surface area contributed by atoms with Crippen molar-refractivity contribution in [3.05, 3.63) is 113 Å². The molecule has 0 radical (unpaired) electrons. The van der Waals surface area contributed by atoms with Gasteiger partial charge >= 0.3 is 0 Å². The Morgan fingerprint density at radius 2 is 1.15 bits per heavy atom. The smallest absolute Gasteiger partial charge is 0.0976 e. The Bertz CT molecular complexity index is 1990. The zero-order valence-corrected chi connectivity index (χ0v) is 25.3. The third-order valence-corrected chi connectivity index (χ3v) is 9.11. The van der Waals surface area contributed by atoms with Gasteiger partial charge in [0.1, 0.15) is 0 Å². The van der Waals surface area contributed by atoms with Gasteiger partial charge < -0.3 is 4.90 Å². The van der Waals surface area contributed by atoms with E-state index in [1.54, 1.807) is 0 Å². The second kappa shape index (κ2) is 8.63. The molecule has 1 aliphatic heterocycles. The van der Waals surface area contributed by atoms with Gasteiger partial charge in [0.05, 0.1) is 33.8 Å². The Kier molecular flexibility index (Phi) is 5.41.